The molecule has 0 aromatic carbocycles. The minimum Gasteiger partial charge on any atom is -0.465 e. The predicted molar refractivity (Wildman–Crippen MR) is 127 cm³/mol. The number of hydrogen-bond acceptors (Lipinski definition) is 8. The topological polar surface area (TPSA) is 131 Å². The molecule has 10 nitrogen and oxygen atoms in total. The molecular formula is C25H42N2O8. The number of ether oxygens (including phenoxy) is 1. The van der Waals surface area contributed by atoms with E-state index in [1.807, 2.05) is 6.92 Å². The Labute approximate surface area is 208 Å². The number of carbonyl (C=O) groups excluding carboxylic acids is 5. The van der Waals surface area contributed by atoms with E-state index in [1.54, 1.807) is 11.8 Å². The molecular weight excluding hydrogens is 456 g/mol. The highest BCUT2D eigenvalue weighted by molar-refractivity contribution is 5.79. The Hall–Kier alpha value is -2.49. The number of esters is 1. The van der Waals surface area contributed by atoms with E-state index < -0.39 is 18.1 Å². The lowest BCUT2D eigenvalue weighted by Crippen LogP contribution is -2.43. The summed E-state index contributed by atoms with van der Waals surface area (Å²) in [4.78, 5) is 64.7. The van der Waals surface area contributed by atoms with Gasteiger partial charge in [0.25, 0.3) is 5.91 Å². The van der Waals surface area contributed by atoms with Gasteiger partial charge in [0.15, 0.2) is 0 Å². The van der Waals surface area contributed by atoms with Crippen LogP contribution in [0.2, 0.25) is 0 Å². The Kier molecular flexibility index (Phi) is 14.9. The number of aliphatic hydroxyl groups excluding tert-OH is 1. The van der Waals surface area contributed by atoms with Crippen LogP contribution in [-0.4, -0.2) is 71.5 Å². The van der Waals surface area contributed by atoms with Gasteiger partial charge < -0.3 is 24.4 Å². The lowest BCUT2D eigenvalue weighted by Gasteiger charge is -2.34. The highest BCUT2D eigenvalue weighted by atomic mass is 16.7. The number of unbranched alkanes of at least 4 members (excludes halogenated alkanes) is 2. The van der Waals surface area contributed by atoms with Gasteiger partial charge in [0, 0.05) is 39.3 Å². The number of carbonyl (C=O) groups is 5. The monoisotopic (exact) mass is 498 g/mol. The van der Waals surface area contributed by atoms with Gasteiger partial charge in [-0.05, 0) is 57.3 Å². The molecule has 35 heavy (non-hydrogen) atoms. The fourth-order valence-electron chi connectivity index (χ4n) is 4.10. The van der Waals surface area contributed by atoms with E-state index in [4.69, 9.17) is 9.57 Å². The van der Waals surface area contributed by atoms with Crippen molar-refractivity contribution in [2.24, 2.45) is 11.8 Å². The molecule has 0 saturated heterocycles. The molecule has 0 spiro atoms. The summed E-state index contributed by atoms with van der Waals surface area (Å²) in [5.74, 6) is -1.07. The fourth-order valence-corrected chi connectivity index (χ4v) is 4.10. The second-order valence-corrected chi connectivity index (χ2v) is 9.04. The normalized spacial score (nSPS) is 18.3. The Morgan fingerprint density at radius 3 is 2.29 bits per heavy atom. The van der Waals surface area contributed by atoms with Crippen molar-refractivity contribution in [1.82, 2.24) is 9.96 Å². The number of aldehydes is 1. The first-order valence-electron chi connectivity index (χ1n) is 12.8. The van der Waals surface area contributed by atoms with E-state index in [0.717, 1.165) is 17.9 Å². The molecule has 1 saturated carbocycles. The molecule has 0 bridgehead atoms. The Morgan fingerprint density at radius 1 is 1.00 bits per heavy atom. The lowest BCUT2D eigenvalue weighted by atomic mass is 9.81. The first-order valence-corrected chi connectivity index (χ1v) is 12.8. The number of aliphatic hydroxyl groups is 1. The van der Waals surface area contributed by atoms with E-state index in [2.05, 4.69) is 0 Å². The van der Waals surface area contributed by atoms with E-state index in [1.165, 1.54) is 7.05 Å². The Bertz CT molecular complexity index is 691. The van der Waals surface area contributed by atoms with Gasteiger partial charge in [-0.2, -0.15) is 5.06 Å². The molecule has 2 amide bonds. The third-order valence-corrected chi connectivity index (χ3v) is 6.32. The van der Waals surface area contributed by atoms with Crippen molar-refractivity contribution in [2.75, 3.05) is 20.2 Å². The second-order valence-electron chi connectivity index (χ2n) is 9.04. The van der Waals surface area contributed by atoms with Gasteiger partial charge in [-0.15, -0.1) is 0 Å². The number of rotatable bonds is 15. The predicted octanol–water partition coefficient (Wildman–Crippen LogP) is 2.76. The first-order chi connectivity index (χ1) is 16.7. The minimum absolute atomic E-state index is 0.000738. The summed E-state index contributed by atoms with van der Waals surface area (Å²) in [7, 11) is 1.34. The van der Waals surface area contributed by atoms with Gasteiger partial charge in [0.2, 0.25) is 5.91 Å². The Balaban J connectivity index is 2.20. The van der Waals surface area contributed by atoms with Crippen LogP contribution in [0.3, 0.4) is 0 Å². The van der Waals surface area contributed by atoms with Gasteiger partial charge in [-0.1, -0.05) is 13.8 Å². The highest BCUT2D eigenvalue weighted by Crippen LogP contribution is 2.31. The SMILES string of the molecule is CCC(=O)N(CC1CCC(C(=O)OCCCCCC(=O)ON(C)C(=O)CCC=O)CC1)C(O)CC. The first kappa shape index (κ1) is 30.5. The summed E-state index contributed by atoms with van der Waals surface area (Å²) in [6.07, 6.45) is 5.88. The maximum absolute atomic E-state index is 12.4. The van der Waals surface area contributed by atoms with E-state index in [0.29, 0.717) is 64.4 Å². The average molecular weight is 499 g/mol. The van der Waals surface area contributed by atoms with Crippen molar-refractivity contribution in [3.05, 3.63) is 0 Å². The lowest BCUT2D eigenvalue weighted by molar-refractivity contribution is -0.192. The van der Waals surface area contributed by atoms with E-state index >= 15 is 0 Å². The molecule has 1 atom stereocenters. The van der Waals surface area contributed by atoms with Crippen molar-refractivity contribution in [3.8, 4) is 0 Å². The number of amides is 2. The zero-order chi connectivity index (χ0) is 26.2. The largest absolute Gasteiger partial charge is 0.465 e. The van der Waals surface area contributed by atoms with Crippen molar-refractivity contribution in [3.63, 3.8) is 0 Å². The number of nitrogens with zero attached hydrogens (tertiary/aromatic N) is 2. The molecule has 1 unspecified atom stereocenters. The molecule has 1 aliphatic rings. The summed E-state index contributed by atoms with van der Waals surface area (Å²) in [5.41, 5.74) is 0. The van der Waals surface area contributed by atoms with Crippen LogP contribution in [0, 0.1) is 11.8 Å². The van der Waals surface area contributed by atoms with Crippen LogP contribution < -0.4 is 0 Å². The van der Waals surface area contributed by atoms with Crippen LogP contribution in [0.5, 0.6) is 0 Å². The zero-order valence-electron chi connectivity index (χ0n) is 21.4. The maximum Gasteiger partial charge on any atom is 0.332 e. The zero-order valence-corrected chi connectivity index (χ0v) is 21.4. The highest BCUT2D eigenvalue weighted by Gasteiger charge is 2.30. The number of hydroxylamine groups is 2. The van der Waals surface area contributed by atoms with Crippen molar-refractivity contribution < 1.29 is 38.7 Å². The third-order valence-electron chi connectivity index (χ3n) is 6.32. The molecule has 0 aliphatic heterocycles. The molecule has 10 heteroatoms. The standard InChI is InChI=1S/C25H42N2O8/c1-4-21(29)27(22(30)5-2)18-19-12-14-20(15-13-19)25(33)34-17-8-6-7-11-24(32)35-26(3)23(31)10-9-16-28/h16,19-21,29H,4-15,17-18H2,1-3H3. The van der Waals surface area contributed by atoms with Crippen LogP contribution in [0.15, 0.2) is 0 Å². The molecule has 0 aromatic heterocycles. The van der Waals surface area contributed by atoms with Gasteiger partial charge in [0.1, 0.15) is 12.5 Å². The van der Waals surface area contributed by atoms with E-state index in [-0.39, 0.29) is 43.0 Å². The van der Waals surface area contributed by atoms with E-state index in [9.17, 15) is 29.1 Å². The van der Waals surface area contributed by atoms with Crippen molar-refractivity contribution in [1.29, 1.82) is 0 Å². The molecule has 0 radical (unpaired) electrons. The number of hydrogen-bond donors (Lipinski definition) is 1. The van der Waals surface area contributed by atoms with Crippen LogP contribution in [0.25, 0.3) is 0 Å². The van der Waals surface area contributed by atoms with Crippen LogP contribution in [-0.2, 0) is 33.5 Å². The summed E-state index contributed by atoms with van der Waals surface area (Å²) in [6.45, 7) is 4.45. The molecule has 1 N–H and O–H groups in total. The smallest absolute Gasteiger partial charge is 0.332 e. The summed E-state index contributed by atoms with van der Waals surface area (Å²) < 4.78 is 5.41. The summed E-state index contributed by atoms with van der Waals surface area (Å²) in [5, 5.41) is 11.0. The van der Waals surface area contributed by atoms with Gasteiger partial charge in [-0.25, -0.2) is 4.79 Å². The van der Waals surface area contributed by atoms with Crippen LogP contribution in [0.1, 0.15) is 90.9 Å². The fraction of sp³-hybridized carbons (Fsp3) is 0.800. The third kappa shape index (κ3) is 11.7. The molecule has 1 fully saturated rings. The molecule has 1 aliphatic carbocycles. The van der Waals surface area contributed by atoms with Crippen molar-refractivity contribution in [2.45, 2.75) is 97.1 Å². The average Bonchev–Trinajstić information content (AvgIpc) is 2.86. The molecule has 200 valence electrons. The van der Waals surface area contributed by atoms with Gasteiger partial charge >= 0.3 is 11.9 Å². The quantitative estimate of drug-likeness (QED) is 0.120. The van der Waals surface area contributed by atoms with Crippen LogP contribution in [0.4, 0.5) is 0 Å². The summed E-state index contributed by atoms with van der Waals surface area (Å²) >= 11 is 0. The molecule has 0 aromatic rings. The van der Waals surface area contributed by atoms with Gasteiger partial charge in [-0.3, -0.25) is 14.4 Å². The van der Waals surface area contributed by atoms with Crippen LogP contribution >= 0.6 is 0 Å². The maximum atomic E-state index is 12.4. The van der Waals surface area contributed by atoms with Crippen molar-refractivity contribution >= 4 is 30.0 Å². The Morgan fingerprint density at radius 2 is 1.69 bits per heavy atom. The molecule has 1 rings (SSSR count). The summed E-state index contributed by atoms with van der Waals surface area (Å²) in [6, 6.07) is 0. The second kappa shape index (κ2) is 17.0. The minimum atomic E-state index is -0.760. The van der Waals surface area contributed by atoms with Gasteiger partial charge in [0.05, 0.1) is 12.5 Å². The molecule has 0 heterocycles.